The number of rotatable bonds is 7. The lowest BCUT2D eigenvalue weighted by molar-refractivity contribution is -0.385. The Morgan fingerprint density at radius 2 is 2.12 bits per heavy atom. The monoisotopic (exact) mass is 239 g/mol. The smallest absolute Gasteiger partial charge is 0.303 e. The molecule has 0 heterocycles. The van der Waals surface area contributed by atoms with Crippen LogP contribution in [0.5, 0.6) is 0 Å². The summed E-state index contributed by atoms with van der Waals surface area (Å²) in [7, 11) is 0. The highest BCUT2D eigenvalue weighted by Gasteiger charge is 2.11. The average Bonchev–Trinajstić information content (AvgIpc) is 2.28. The van der Waals surface area contributed by atoms with E-state index in [0.29, 0.717) is 12.0 Å². The van der Waals surface area contributed by atoms with Crippen molar-refractivity contribution in [3.05, 3.63) is 39.9 Å². The zero-order valence-corrected chi connectivity index (χ0v) is 9.17. The Morgan fingerprint density at radius 1 is 1.41 bits per heavy atom. The third-order valence-corrected chi connectivity index (χ3v) is 2.13. The third kappa shape index (κ3) is 4.60. The molecule has 0 radical (unpaired) electrons. The van der Waals surface area contributed by atoms with Gasteiger partial charge in [-0.05, 0) is 12.5 Å². The SMILES string of the molecule is O=C(O)CCCOCc1ccccc1[N+](=O)[O-]. The number of aliphatic carboxylic acids is 1. The van der Waals surface area contributed by atoms with Crippen LogP contribution in [0, 0.1) is 10.1 Å². The quantitative estimate of drug-likeness (QED) is 0.446. The number of ether oxygens (including phenoxy) is 1. The molecule has 0 spiro atoms. The lowest BCUT2D eigenvalue weighted by Crippen LogP contribution is -2.02. The van der Waals surface area contributed by atoms with Crippen LogP contribution in [-0.4, -0.2) is 22.6 Å². The van der Waals surface area contributed by atoms with Gasteiger partial charge in [-0.2, -0.15) is 0 Å². The number of carboxylic acid groups (broad SMARTS) is 1. The van der Waals surface area contributed by atoms with E-state index in [1.807, 2.05) is 0 Å². The van der Waals surface area contributed by atoms with Crippen LogP contribution in [0.3, 0.4) is 0 Å². The van der Waals surface area contributed by atoms with E-state index < -0.39 is 10.9 Å². The summed E-state index contributed by atoms with van der Waals surface area (Å²) in [5.41, 5.74) is 0.513. The molecule has 0 bridgehead atoms. The first kappa shape index (κ1) is 13.1. The van der Waals surface area contributed by atoms with E-state index in [1.165, 1.54) is 6.07 Å². The maximum Gasteiger partial charge on any atom is 0.303 e. The number of nitro benzene ring substituents is 1. The predicted molar refractivity (Wildman–Crippen MR) is 59.6 cm³/mol. The molecule has 1 N–H and O–H groups in total. The summed E-state index contributed by atoms with van der Waals surface area (Å²) in [5, 5.41) is 19.1. The zero-order chi connectivity index (χ0) is 12.7. The molecular formula is C11H13NO5. The molecule has 0 atom stereocenters. The number of para-hydroxylation sites is 1. The lowest BCUT2D eigenvalue weighted by atomic mass is 10.2. The van der Waals surface area contributed by atoms with Crippen LogP contribution in [0.1, 0.15) is 18.4 Å². The molecule has 1 aromatic carbocycles. The molecule has 1 aromatic rings. The number of hydrogen-bond acceptors (Lipinski definition) is 4. The minimum absolute atomic E-state index is 0.0192. The molecule has 0 aromatic heterocycles. The molecule has 17 heavy (non-hydrogen) atoms. The van der Waals surface area contributed by atoms with Crippen molar-refractivity contribution >= 4 is 11.7 Å². The van der Waals surface area contributed by atoms with E-state index in [0.717, 1.165) is 0 Å². The highest BCUT2D eigenvalue weighted by atomic mass is 16.6. The van der Waals surface area contributed by atoms with Crippen LogP contribution >= 0.6 is 0 Å². The second kappa shape index (κ2) is 6.59. The maximum absolute atomic E-state index is 10.7. The molecule has 0 fully saturated rings. The Labute approximate surface area is 98.0 Å². The van der Waals surface area contributed by atoms with Gasteiger partial charge >= 0.3 is 5.97 Å². The Morgan fingerprint density at radius 3 is 2.76 bits per heavy atom. The van der Waals surface area contributed by atoms with E-state index >= 15 is 0 Å². The fourth-order valence-electron chi connectivity index (χ4n) is 1.32. The Balaban J connectivity index is 2.41. The van der Waals surface area contributed by atoms with Gasteiger partial charge in [0.15, 0.2) is 0 Å². The van der Waals surface area contributed by atoms with Crippen LogP contribution in [0.2, 0.25) is 0 Å². The zero-order valence-electron chi connectivity index (χ0n) is 9.17. The average molecular weight is 239 g/mol. The summed E-state index contributed by atoms with van der Waals surface area (Å²) in [6, 6.07) is 6.32. The van der Waals surface area contributed by atoms with Gasteiger partial charge in [0.25, 0.3) is 5.69 Å². The first-order chi connectivity index (χ1) is 8.11. The second-order valence-corrected chi connectivity index (χ2v) is 3.44. The number of hydrogen-bond donors (Lipinski definition) is 1. The highest BCUT2D eigenvalue weighted by molar-refractivity contribution is 5.66. The van der Waals surface area contributed by atoms with Crippen molar-refractivity contribution in [1.82, 2.24) is 0 Å². The molecule has 0 saturated carbocycles. The molecule has 0 unspecified atom stereocenters. The van der Waals surface area contributed by atoms with Gasteiger partial charge in [-0.1, -0.05) is 12.1 Å². The number of nitrogens with zero attached hydrogens (tertiary/aromatic N) is 1. The molecule has 0 saturated heterocycles. The van der Waals surface area contributed by atoms with Crippen molar-refractivity contribution in [2.75, 3.05) is 6.61 Å². The lowest BCUT2D eigenvalue weighted by Gasteiger charge is -2.04. The fraction of sp³-hybridized carbons (Fsp3) is 0.364. The predicted octanol–water partition coefficient (Wildman–Crippen LogP) is 1.98. The number of benzene rings is 1. The molecule has 0 amide bonds. The van der Waals surface area contributed by atoms with Crippen molar-refractivity contribution in [2.45, 2.75) is 19.4 Å². The topological polar surface area (TPSA) is 89.7 Å². The summed E-state index contributed by atoms with van der Waals surface area (Å²) >= 11 is 0. The van der Waals surface area contributed by atoms with Crippen molar-refractivity contribution in [2.24, 2.45) is 0 Å². The maximum atomic E-state index is 10.7. The van der Waals surface area contributed by atoms with Crippen LogP contribution in [0.15, 0.2) is 24.3 Å². The fourth-order valence-corrected chi connectivity index (χ4v) is 1.32. The summed E-state index contributed by atoms with van der Waals surface area (Å²) < 4.78 is 5.19. The molecule has 0 aliphatic rings. The van der Waals surface area contributed by atoms with Crippen molar-refractivity contribution < 1.29 is 19.6 Å². The first-order valence-corrected chi connectivity index (χ1v) is 5.13. The molecule has 0 aliphatic heterocycles. The van der Waals surface area contributed by atoms with Crippen LogP contribution < -0.4 is 0 Å². The normalized spacial score (nSPS) is 10.1. The summed E-state index contributed by atoms with van der Waals surface area (Å²) in [4.78, 5) is 20.4. The minimum atomic E-state index is -0.876. The van der Waals surface area contributed by atoms with Gasteiger partial charge in [-0.3, -0.25) is 14.9 Å². The van der Waals surface area contributed by atoms with Gasteiger partial charge in [0.1, 0.15) is 0 Å². The molecule has 92 valence electrons. The van der Waals surface area contributed by atoms with Gasteiger partial charge in [-0.25, -0.2) is 0 Å². The Bertz CT molecular complexity index is 405. The van der Waals surface area contributed by atoms with Gasteiger partial charge in [0.2, 0.25) is 0 Å². The van der Waals surface area contributed by atoms with Crippen molar-refractivity contribution in [3.63, 3.8) is 0 Å². The molecular weight excluding hydrogens is 226 g/mol. The largest absolute Gasteiger partial charge is 0.481 e. The Kier molecular flexibility index (Phi) is 5.09. The van der Waals surface area contributed by atoms with E-state index in [2.05, 4.69) is 0 Å². The summed E-state index contributed by atoms with van der Waals surface area (Å²) in [5.74, 6) is -0.876. The van der Waals surface area contributed by atoms with Crippen LogP contribution in [0.25, 0.3) is 0 Å². The molecule has 0 aliphatic carbocycles. The van der Waals surface area contributed by atoms with Gasteiger partial charge < -0.3 is 9.84 Å². The highest BCUT2D eigenvalue weighted by Crippen LogP contribution is 2.18. The standard InChI is InChI=1S/C11H13NO5/c13-11(14)6-3-7-17-8-9-4-1-2-5-10(9)12(15)16/h1-2,4-5H,3,6-8H2,(H,13,14). The van der Waals surface area contributed by atoms with Crippen LogP contribution in [-0.2, 0) is 16.1 Å². The summed E-state index contributed by atoms with van der Waals surface area (Å²) in [6.45, 7) is 0.398. The van der Waals surface area contributed by atoms with Crippen molar-refractivity contribution in [1.29, 1.82) is 0 Å². The minimum Gasteiger partial charge on any atom is -0.481 e. The number of carbonyl (C=O) groups is 1. The number of nitro groups is 1. The van der Waals surface area contributed by atoms with E-state index in [9.17, 15) is 14.9 Å². The van der Waals surface area contributed by atoms with Gasteiger partial charge in [0, 0.05) is 19.1 Å². The van der Waals surface area contributed by atoms with E-state index in [-0.39, 0.29) is 25.3 Å². The van der Waals surface area contributed by atoms with Crippen molar-refractivity contribution in [3.8, 4) is 0 Å². The van der Waals surface area contributed by atoms with Gasteiger partial charge in [0.05, 0.1) is 17.1 Å². The first-order valence-electron chi connectivity index (χ1n) is 5.13. The summed E-state index contributed by atoms with van der Waals surface area (Å²) in [6.07, 6.45) is 0.437. The molecule has 6 nitrogen and oxygen atoms in total. The number of carboxylic acids is 1. The molecule has 6 heteroatoms. The second-order valence-electron chi connectivity index (χ2n) is 3.44. The van der Waals surface area contributed by atoms with Gasteiger partial charge in [-0.15, -0.1) is 0 Å². The van der Waals surface area contributed by atoms with E-state index in [1.54, 1.807) is 18.2 Å². The molecule has 1 rings (SSSR count). The van der Waals surface area contributed by atoms with E-state index in [4.69, 9.17) is 9.84 Å². The third-order valence-electron chi connectivity index (χ3n) is 2.13. The Hall–Kier alpha value is -1.95. The van der Waals surface area contributed by atoms with Crippen LogP contribution in [0.4, 0.5) is 5.69 Å².